The number of allylic oxidation sites excluding steroid dienone is 1. The Morgan fingerprint density at radius 2 is 1.53 bits per heavy atom. The monoisotopic (exact) mass is 522 g/mol. The Labute approximate surface area is 231 Å². The van der Waals surface area contributed by atoms with Crippen LogP contribution in [0.25, 0.3) is 23.1 Å². The van der Waals surface area contributed by atoms with Crippen molar-refractivity contribution in [2.45, 2.75) is 59.0 Å². The van der Waals surface area contributed by atoms with Crippen molar-refractivity contribution in [1.82, 2.24) is 0 Å². The van der Waals surface area contributed by atoms with Gasteiger partial charge in [-0.05, 0) is 68.7 Å². The van der Waals surface area contributed by atoms with Crippen LogP contribution >= 0.6 is 11.3 Å². The van der Waals surface area contributed by atoms with Crippen molar-refractivity contribution in [3.8, 4) is 12.1 Å². The second-order valence-corrected chi connectivity index (χ2v) is 10.8. The lowest BCUT2D eigenvalue weighted by molar-refractivity contribution is 0.0954. The molecule has 0 bridgehead atoms. The van der Waals surface area contributed by atoms with E-state index >= 15 is 0 Å². The summed E-state index contributed by atoms with van der Waals surface area (Å²) in [7, 11) is 0. The Bertz CT molecular complexity index is 1340. The van der Waals surface area contributed by atoms with Crippen LogP contribution in [0.1, 0.15) is 68.7 Å². The highest BCUT2D eigenvalue weighted by Gasteiger charge is 2.38. The average molecular weight is 523 g/mol. The van der Waals surface area contributed by atoms with Gasteiger partial charge in [0.05, 0.1) is 6.57 Å². The molecule has 0 spiro atoms. The summed E-state index contributed by atoms with van der Waals surface area (Å²) in [6.45, 7) is 17.9. The highest BCUT2D eigenvalue weighted by atomic mass is 32.1. The molecule has 0 saturated heterocycles. The first-order chi connectivity index (χ1) is 18.4. The van der Waals surface area contributed by atoms with Gasteiger partial charge in [0.25, 0.3) is 0 Å². The minimum absolute atomic E-state index is 0.0642. The fraction of sp³-hybridized carbons (Fsp3) is 0.344. The summed E-state index contributed by atoms with van der Waals surface area (Å²) >= 11 is 1.65. The third-order valence-electron chi connectivity index (χ3n) is 6.36. The molecule has 194 valence electrons. The second kappa shape index (κ2) is 13.5. The summed E-state index contributed by atoms with van der Waals surface area (Å²) in [6.07, 6.45) is 12.9. The number of hydrogen-bond acceptors (Lipinski definition) is 5. The molecule has 0 amide bonds. The van der Waals surface area contributed by atoms with Crippen molar-refractivity contribution in [2.75, 3.05) is 18.0 Å². The number of unbranched alkanes of at least 4 members (excludes halogenated alkanes) is 2. The van der Waals surface area contributed by atoms with Crippen molar-refractivity contribution in [2.24, 2.45) is 0 Å². The maximum Gasteiger partial charge on any atom is 0.237 e. The largest absolute Gasteiger partial charge is 0.493 e. The van der Waals surface area contributed by atoms with E-state index in [2.05, 4.69) is 66.1 Å². The molecule has 0 unspecified atom stereocenters. The van der Waals surface area contributed by atoms with E-state index in [1.807, 2.05) is 44.2 Å². The predicted molar refractivity (Wildman–Crippen MR) is 158 cm³/mol. The number of rotatable bonds is 11. The fourth-order valence-electron chi connectivity index (χ4n) is 4.21. The van der Waals surface area contributed by atoms with Crippen molar-refractivity contribution in [3.63, 3.8) is 0 Å². The smallest absolute Gasteiger partial charge is 0.237 e. The normalized spacial score (nSPS) is 14.4. The zero-order valence-electron chi connectivity index (χ0n) is 22.6. The van der Waals surface area contributed by atoms with Gasteiger partial charge in [0.2, 0.25) is 5.70 Å². The van der Waals surface area contributed by atoms with E-state index in [9.17, 15) is 10.5 Å². The van der Waals surface area contributed by atoms with E-state index in [1.54, 1.807) is 11.3 Å². The lowest BCUT2D eigenvalue weighted by Gasteiger charge is -2.24. The molecule has 3 rings (SSSR count). The van der Waals surface area contributed by atoms with Crippen molar-refractivity contribution in [1.29, 1.82) is 10.5 Å². The van der Waals surface area contributed by atoms with Crippen molar-refractivity contribution >= 4 is 35.3 Å². The number of anilines is 1. The molecular formula is C32H34N4OS. The van der Waals surface area contributed by atoms with Gasteiger partial charge in [-0.3, -0.25) is 0 Å². The lowest BCUT2D eigenvalue weighted by atomic mass is 9.97. The summed E-state index contributed by atoms with van der Waals surface area (Å²) < 4.78 is 5.84. The van der Waals surface area contributed by atoms with Gasteiger partial charge in [0, 0.05) is 34.1 Å². The number of nitrogens with zero attached hydrogens (tertiary/aromatic N) is 4. The van der Waals surface area contributed by atoms with Gasteiger partial charge in [-0.2, -0.15) is 10.5 Å². The summed E-state index contributed by atoms with van der Waals surface area (Å²) in [4.78, 5) is 8.22. The number of ether oxygens (including phenoxy) is 1. The second-order valence-electron chi connectivity index (χ2n) is 9.61. The highest BCUT2D eigenvalue weighted by Crippen LogP contribution is 2.41. The Hall–Kier alpha value is -4.05. The molecule has 38 heavy (non-hydrogen) atoms. The molecule has 0 aliphatic carbocycles. The molecule has 0 saturated carbocycles. The Kier molecular flexibility index (Phi) is 10.1. The fourth-order valence-corrected chi connectivity index (χ4v) is 5.02. The first-order valence-electron chi connectivity index (χ1n) is 13.0. The van der Waals surface area contributed by atoms with Crippen LogP contribution < -0.4 is 4.90 Å². The quantitative estimate of drug-likeness (QED) is 0.219. The first-order valence-corrected chi connectivity index (χ1v) is 13.9. The molecule has 0 radical (unpaired) electrons. The van der Waals surface area contributed by atoms with Crippen LogP contribution in [0.15, 0.2) is 65.1 Å². The summed E-state index contributed by atoms with van der Waals surface area (Å²) in [5.74, 6) is 0.0642. The van der Waals surface area contributed by atoms with Crippen LogP contribution in [0.3, 0.4) is 0 Å². The highest BCUT2D eigenvalue weighted by molar-refractivity contribution is 7.13. The molecule has 6 heteroatoms. The third-order valence-corrected chi connectivity index (χ3v) is 7.38. The number of thiophene rings is 1. The Morgan fingerprint density at radius 1 is 0.947 bits per heavy atom. The maximum absolute atomic E-state index is 9.24. The number of benzene rings is 1. The van der Waals surface area contributed by atoms with E-state index in [-0.39, 0.29) is 17.0 Å². The number of hydrogen-bond donors (Lipinski definition) is 0. The summed E-state index contributed by atoms with van der Waals surface area (Å²) in [5, 5.41) is 18.5. The zero-order chi connectivity index (χ0) is 27.5. The van der Waals surface area contributed by atoms with Crippen LogP contribution in [-0.4, -0.2) is 18.7 Å². The molecule has 1 aromatic carbocycles. The average Bonchev–Trinajstić information content (AvgIpc) is 3.48. The van der Waals surface area contributed by atoms with Crippen molar-refractivity contribution < 1.29 is 4.74 Å². The molecule has 0 N–H and O–H groups in total. The van der Waals surface area contributed by atoms with Gasteiger partial charge < -0.3 is 9.64 Å². The van der Waals surface area contributed by atoms with E-state index in [0.29, 0.717) is 5.57 Å². The van der Waals surface area contributed by atoms with E-state index in [0.717, 1.165) is 28.4 Å². The van der Waals surface area contributed by atoms with Crippen LogP contribution in [0, 0.1) is 29.2 Å². The lowest BCUT2D eigenvalue weighted by Crippen LogP contribution is -2.25. The Balaban J connectivity index is 1.74. The van der Waals surface area contributed by atoms with Gasteiger partial charge in [-0.1, -0.05) is 51.0 Å². The van der Waals surface area contributed by atoms with Gasteiger partial charge in [-0.25, -0.2) is 4.85 Å². The Morgan fingerprint density at radius 3 is 2.05 bits per heavy atom. The predicted octanol–water partition coefficient (Wildman–Crippen LogP) is 8.62. The van der Waals surface area contributed by atoms with E-state index < -0.39 is 5.60 Å². The number of nitriles is 2. The van der Waals surface area contributed by atoms with E-state index in [1.165, 1.54) is 31.4 Å². The minimum atomic E-state index is -0.806. The molecule has 2 heterocycles. The van der Waals surface area contributed by atoms with Crippen LogP contribution in [0.2, 0.25) is 0 Å². The molecule has 0 atom stereocenters. The molecular weight excluding hydrogens is 488 g/mol. The molecule has 1 aliphatic heterocycles. The molecule has 1 aliphatic rings. The summed E-state index contributed by atoms with van der Waals surface area (Å²) in [5.41, 5.74) is 2.33. The standard InChI is InChI=1S/C32H34N4OS/c1-6-8-20-36(21-9-7-2)26-13-10-24(11-14-26)12-15-27-16-17-28(38-27)18-19-29-30(35-5)31(25(22-33)23-34)37-32(29,3)4/h10-19H,6-9,20-21H2,1-4H3/b15-12+,19-18+. The van der Waals surface area contributed by atoms with Gasteiger partial charge in [0.15, 0.2) is 11.3 Å². The van der Waals surface area contributed by atoms with Gasteiger partial charge in [-0.15, -0.1) is 11.3 Å². The van der Waals surface area contributed by atoms with Crippen LogP contribution in [-0.2, 0) is 4.74 Å². The maximum atomic E-state index is 9.24. The topological polar surface area (TPSA) is 64.4 Å². The zero-order valence-corrected chi connectivity index (χ0v) is 23.4. The van der Waals surface area contributed by atoms with Gasteiger partial charge in [0.1, 0.15) is 17.7 Å². The molecule has 5 nitrogen and oxygen atoms in total. The first kappa shape index (κ1) is 28.5. The van der Waals surface area contributed by atoms with E-state index in [4.69, 9.17) is 11.3 Å². The molecule has 0 fully saturated rings. The van der Waals surface area contributed by atoms with Crippen molar-refractivity contribution in [3.05, 3.63) is 91.8 Å². The summed E-state index contributed by atoms with van der Waals surface area (Å²) in [6, 6.07) is 16.5. The SMILES string of the molecule is [C-]#[N+]C1=C(/C=C/c2ccc(/C=C/c3ccc(N(CCCC)CCCC)cc3)s2)C(C)(C)OC1=C(C#N)C#N. The minimum Gasteiger partial charge on any atom is -0.493 e. The van der Waals surface area contributed by atoms with Crippen LogP contribution in [0.5, 0.6) is 0 Å². The third kappa shape index (κ3) is 7.04. The molecule has 1 aromatic heterocycles. The van der Waals surface area contributed by atoms with Crippen LogP contribution in [0.4, 0.5) is 5.69 Å². The molecule has 2 aromatic rings. The van der Waals surface area contributed by atoms with Gasteiger partial charge >= 0.3 is 0 Å².